The van der Waals surface area contributed by atoms with Crippen molar-refractivity contribution in [1.29, 1.82) is 0 Å². The van der Waals surface area contributed by atoms with Gasteiger partial charge in [0.15, 0.2) is 0 Å². The number of carbonyl (C=O) groups is 1. The number of rotatable bonds is 6. The highest BCUT2D eigenvalue weighted by molar-refractivity contribution is 6.07. The Bertz CT molecular complexity index is 947. The molecule has 1 amide bonds. The molecule has 29 heavy (non-hydrogen) atoms. The van der Waals surface area contributed by atoms with Gasteiger partial charge in [-0.05, 0) is 25.0 Å². The van der Waals surface area contributed by atoms with Gasteiger partial charge >= 0.3 is 0 Å². The number of hydrogen-bond acceptors (Lipinski definition) is 6. The summed E-state index contributed by atoms with van der Waals surface area (Å²) in [5, 5.41) is 11.1. The third kappa shape index (κ3) is 4.90. The van der Waals surface area contributed by atoms with Crippen LogP contribution in [0.15, 0.2) is 53.1 Å². The van der Waals surface area contributed by atoms with E-state index in [1.165, 1.54) is 6.26 Å². The maximum atomic E-state index is 12.7. The lowest BCUT2D eigenvalue weighted by atomic mass is 10.1. The van der Waals surface area contributed by atoms with E-state index in [2.05, 4.69) is 26.5 Å². The minimum absolute atomic E-state index is 0.194. The van der Waals surface area contributed by atoms with Gasteiger partial charge in [-0.25, -0.2) is 0 Å². The first-order valence-corrected chi connectivity index (χ1v) is 9.83. The minimum Gasteiger partial charge on any atom is -0.379 e. The van der Waals surface area contributed by atoms with Crippen LogP contribution in [-0.4, -0.2) is 58.6 Å². The molecule has 1 fully saturated rings. The molecular weight excluding hydrogens is 370 g/mol. The molecule has 2 aromatic heterocycles. The summed E-state index contributed by atoms with van der Waals surface area (Å²) >= 11 is 0. The van der Waals surface area contributed by atoms with Gasteiger partial charge in [0.25, 0.3) is 5.91 Å². The van der Waals surface area contributed by atoms with Crippen molar-refractivity contribution >= 4 is 17.2 Å². The summed E-state index contributed by atoms with van der Waals surface area (Å²) < 4.78 is 12.2. The Morgan fingerprint density at radius 1 is 1.28 bits per heavy atom. The zero-order valence-electron chi connectivity index (χ0n) is 16.5. The minimum atomic E-state index is -0.194. The first-order chi connectivity index (χ1) is 14.2. The Kier molecular flexibility index (Phi) is 6.02. The SMILES string of the molecule is Cc1nocc1NC(=O)C1=CC(c2cnn(CCN3CCOCC3)c2)=CCC=C1. The number of anilines is 1. The van der Waals surface area contributed by atoms with Crippen LogP contribution >= 0.6 is 0 Å². The molecule has 1 aliphatic heterocycles. The van der Waals surface area contributed by atoms with Gasteiger partial charge in [0.1, 0.15) is 17.6 Å². The Labute approximate surface area is 169 Å². The maximum absolute atomic E-state index is 12.7. The molecule has 8 nitrogen and oxygen atoms in total. The monoisotopic (exact) mass is 395 g/mol. The van der Waals surface area contributed by atoms with E-state index in [0.717, 1.165) is 57.0 Å². The molecule has 0 unspecified atom stereocenters. The molecular formula is C21H25N5O3. The molecule has 0 spiro atoms. The van der Waals surface area contributed by atoms with E-state index in [1.807, 2.05) is 35.3 Å². The number of morpholine rings is 1. The Balaban J connectivity index is 1.42. The van der Waals surface area contributed by atoms with Crippen molar-refractivity contribution in [3.8, 4) is 0 Å². The van der Waals surface area contributed by atoms with Gasteiger partial charge in [0.05, 0.1) is 26.0 Å². The molecule has 152 valence electrons. The summed E-state index contributed by atoms with van der Waals surface area (Å²) in [5.41, 5.74) is 3.79. The van der Waals surface area contributed by atoms with Gasteiger partial charge in [0, 0.05) is 37.0 Å². The fraction of sp³-hybridized carbons (Fsp3) is 0.381. The van der Waals surface area contributed by atoms with E-state index >= 15 is 0 Å². The fourth-order valence-electron chi connectivity index (χ4n) is 3.32. The first kappa shape index (κ1) is 19.4. The first-order valence-electron chi connectivity index (χ1n) is 9.83. The van der Waals surface area contributed by atoms with Crippen molar-refractivity contribution in [2.45, 2.75) is 19.9 Å². The molecule has 1 saturated heterocycles. The van der Waals surface area contributed by atoms with Gasteiger partial charge < -0.3 is 14.6 Å². The molecule has 0 saturated carbocycles. The molecule has 1 N–H and O–H groups in total. The molecule has 4 rings (SSSR count). The van der Waals surface area contributed by atoms with Crippen LogP contribution in [0.5, 0.6) is 0 Å². The van der Waals surface area contributed by atoms with E-state index < -0.39 is 0 Å². The largest absolute Gasteiger partial charge is 0.379 e. The molecule has 2 aliphatic rings. The molecule has 0 bridgehead atoms. The van der Waals surface area contributed by atoms with Crippen LogP contribution in [0, 0.1) is 6.92 Å². The van der Waals surface area contributed by atoms with E-state index in [1.54, 1.807) is 6.92 Å². The molecule has 2 aromatic rings. The van der Waals surface area contributed by atoms with Gasteiger partial charge in [-0.15, -0.1) is 0 Å². The fourth-order valence-corrected chi connectivity index (χ4v) is 3.32. The highest BCUT2D eigenvalue weighted by atomic mass is 16.5. The second kappa shape index (κ2) is 9.02. The maximum Gasteiger partial charge on any atom is 0.255 e. The van der Waals surface area contributed by atoms with E-state index in [-0.39, 0.29) is 5.91 Å². The molecule has 0 atom stereocenters. The van der Waals surface area contributed by atoms with Crippen molar-refractivity contribution < 1.29 is 14.1 Å². The van der Waals surface area contributed by atoms with Crippen LogP contribution in [0.3, 0.4) is 0 Å². The third-order valence-electron chi connectivity index (χ3n) is 5.06. The lowest BCUT2D eigenvalue weighted by Crippen LogP contribution is -2.38. The number of nitrogens with zero attached hydrogens (tertiary/aromatic N) is 4. The van der Waals surface area contributed by atoms with Crippen molar-refractivity contribution in [2.24, 2.45) is 0 Å². The van der Waals surface area contributed by atoms with Crippen LogP contribution < -0.4 is 5.32 Å². The van der Waals surface area contributed by atoms with Crippen molar-refractivity contribution in [2.75, 3.05) is 38.2 Å². The lowest BCUT2D eigenvalue weighted by Gasteiger charge is -2.26. The molecule has 8 heteroatoms. The summed E-state index contributed by atoms with van der Waals surface area (Å²) in [7, 11) is 0. The van der Waals surface area contributed by atoms with Crippen LogP contribution in [0.4, 0.5) is 5.69 Å². The number of amides is 1. The third-order valence-corrected chi connectivity index (χ3v) is 5.06. The zero-order valence-corrected chi connectivity index (χ0v) is 16.5. The smallest absolute Gasteiger partial charge is 0.255 e. The number of allylic oxidation sites excluding steroid dienone is 4. The van der Waals surface area contributed by atoms with Crippen LogP contribution in [0.2, 0.25) is 0 Å². The van der Waals surface area contributed by atoms with Crippen LogP contribution in [0.1, 0.15) is 17.7 Å². The van der Waals surface area contributed by atoms with Crippen molar-refractivity contribution in [1.82, 2.24) is 19.8 Å². The Morgan fingerprint density at radius 3 is 2.93 bits per heavy atom. The zero-order chi connectivity index (χ0) is 20.1. The predicted octanol–water partition coefficient (Wildman–Crippen LogP) is 2.42. The average molecular weight is 395 g/mol. The second-order valence-electron chi connectivity index (χ2n) is 7.11. The summed E-state index contributed by atoms with van der Waals surface area (Å²) in [6.07, 6.45) is 13.9. The number of nitrogens with one attached hydrogen (secondary N) is 1. The normalized spacial score (nSPS) is 17.6. The van der Waals surface area contributed by atoms with Gasteiger partial charge in [-0.1, -0.05) is 23.4 Å². The van der Waals surface area contributed by atoms with Crippen molar-refractivity contribution in [3.05, 3.63) is 59.8 Å². The molecule has 0 radical (unpaired) electrons. The average Bonchev–Trinajstić information content (AvgIpc) is 3.29. The van der Waals surface area contributed by atoms with E-state index in [4.69, 9.17) is 9.26 Å². The topological polar surface area (TPSA) is 85.4 Å². The Morgan fingerprint density at radius 2 is 2.14 bits per heavy atom. The van der Waals surface area contributed by atoms with Gasteiger partial charge in [-0.2, -0.15) is 5.10 Å². The van der Waals surface area contributed by atoms with E-state index in [0.29, 0.717) is 17.0 Å². The van der Waals surface area contributed by atoms with Crippen molar-refractivity contribution in [3.63, 3.8) is 0 Å². The van der Waals surface area contributed by atoms with Crippen LogP contribution in [-0.2, 0) is 16.1 Å². The van der Waals surface area contributed by atoms with E-state index in [9.17, 15) is 4.79 Å². The highest BCUT2D eigenvalue weighted by Crippen LogP contribution is 2.22. The standard InChI is InChI=1S/C21H25N5O3/c1-16-20(15-29-24-16)23-21(27)18-5-3-2-4-17(12-18)19-13-22-26(14-19)7-6-25-8-10-28-11-9-25/h3-5,12-15H,2,6-11H2,1H3,(H,23,27). The predicted molar refractivity (Wildman–Crippen MR) is 109 cm³/mol. The summed E-state index contributed by atoms with van der Waals surface area (Å²) in [6, 6.07) is 0. The number of aryl methyl sites for hydroxylation is 1. The Hall–Kier alpha value is -2.97. The summed E-state index contributed by atoms with van der Waals surface area (Å²) in [6.45, 7) is 7.10. The van der Waals surface area contributed by atoms with Gasteiger partial charge in [0.2, 0.25) is 0 Å². The number of hydrogen-bond donors (Lipinski definition) is 1. The number of aromatic nitrogens is 3. The molecule has 0 aromatic carbocycles. The molecule has 1 aliphatic carbocycles. The van der Waals surface area contributed by atoms with Crippen LogP contribution in [0.25, 0.3) is 5.57 Å². The summed E-state index contributed by atoms with van der Waals surface area (Å²) in [5.74, 6) is -0.194. The lowest BCUT2D eigenvalue weighted by molar-refractivity contribution is -0.112. The quantitative estimate of drug-likeness (QED) is 0.809. The summed E-state index contributed by atoms with van der Waals surface area (Å²) in [4.78, 5) is 15.0. The second-order valence-corrected chi connectivity index (χ2v) is 7.11. The number of ether oxygens (including phenoxy) is 1. The number of carbonyl (C=O) groups excluding carboxylic acids is 1. The van der Waals surface area contributed by atoms with Gasteiger partial charge in [-0.3, -0.25) is 14.4 Å². The molecule has 3 heterocycles. The highest BCUT2D eigenvalue weighted by Gasteiger charge is 2.14.